The molecule has 0 fully saturated rings. The molecule has 0 spiro atoms. The third kappa shape index (κ3) is 9.11. The Balaban J connectivity index is 0.956. The van der Waals surface area contributed by atoms with Crippen molar-refractivity contribution in [2.45, 2.75) is 91.4 Å². The SMILES string of the molecule is COC(=O)N[C@H](C(=O)N1CC(C)=C[C@H]1c1nc2ccc(-c3cc4ccc3CCc3ccc(c(-c5ccc6nc([C@@H]7C=C(C)CN7C(=O)[C@@H](NC(=O)OC)C(C)C)[nH]c6c5)c3)CC4)cc2[nH]1)C(C)C. The number of aromatic nitrogens is 4. The van der Waals surface area contributed by atoms with Crippen LogP contribution in [-0.2, 0) is 44.7 Å². The van der Waals surface area contributed by atoms with E-state index in [0.29, 0.717) is 24.7 Å². The molecule has 4 bridgehead atoms. The smallest absolute Gasteiger partial charge is 0.407 e. The van der Waals surface area contributed by atoms with E-state index in [1.807, 2.05) is 41.5 Å². The number of carbonyl (C=O) groups excluding carboxylic acids is 4. The van der Waals surface area contributed by atoms with Crippen molar-refractivity contribution in [1.29, 1.82) is 0 Å². The van der Waals surface area contributed by atoms with Crippen LogP contribution in [0.5, 0.6) is 0 Å². The van der Waals surface area contributed by atoms with E-state index in [2.05, 4.69) is 106 Å². The third-order valence-corrected chi connectivity index (χ3v) is 13.6. The zero-order valence-electron chi connectivity index (χ0n) is 40.0. The number of rotatable bonds is 10. The highest BCUT2D eigenvalue weighted by atomic mass is 16.5. The summed E-state index contributed by atoms with van der Waals surface area (Å²) in [5.41, 5.74) is 15.2. The Labute approximate surface area is 396 Å². The predicted molar refractivity (Wildman–Crippen MR) is 263 cm³/mol. The molecular weight excluding hydrogens is 857 g/mol. The highest BCUT2D eigenvalue weighted by Crippen LogP contribution is 2.37. The zero-order chi connectivity index (χ0) is 48.0. The number of aromatic amines is 2. The molecular formula is C54H60N8O6. The standard InChI is InChI=1S/C54H60N8O6/c1-29(2)47(59-53(65)67-7)51(63)61-27-31(5)21-45(61)49-55-41-19-17-37(25-43(41)57-49)39-23-33-9-13-35(39)15-11-34-10-14-36(16-12-33)40(24-34)38-18-20-42-44(26-38)58-50(56-42)46-22-32(6)28-62(46)52(64)48(30(3)4)60-54(66)68-8/h9-10,13-14,17-26,29-30,45-48H,11-12,15-16,27-28H2,1-8H3,(H,55,57)(H,56,58)(H,59,65)(H,60,66)/t45-,46-,47-,48-/m0/s1. The number of methoxy groups -OCH3 is 2. The van der Waals surface area contributed by atoms with Gasteiger partial charge in [0, 0.05) is 13.1 Å². The van der Waals surface area contributed by atoms with Gasteiger partial charge in [0.25, 0.3) is 0 Å². The van der Waals surface area contributed by atoms with Gasteiger partial charge >= 0.3 is 12.2 Å². The molecule has 4 atom stereocenters. The number of alkyl carbamates (subject to hydrolysis) is 2. The summed E-state index contributed by atoms with van der Waals surface area (Å²) in [6, 6.07) is 24.2. The summed E-state index contributed by atoms with van der Waals surface area (Å²) in [6.07, 6.45) is 6.25. The number of hydrogen-bond donors (Lipinski definition) is 4. The molecule has 6 aliphatic rings. The van der Waals surface area contributed by atoms with E-state index in [4.69, 9.17) is 19.4 Å². The molecule has 14 nitrogen and oxygen atoms in total. The van der Waals surface area contributed by atoms with Crippen molar-refractivity contribution in [2.75, 3.05) is 27.3 Å². The fourth-order valence-corrected chi connectivity index (χ4v) is 9.96. The molecule has 4 heterocycles. The molecule has 2 aromatic heterocycles. The van der Waals surface area contributed by atoms with Crippen molar-refractivity contribution in [3.63, 3.8) is 0 Å². The molecule has 2 aliphatic heterocycles. The Bertz CT molecular complexity index is 2810. The molecule has 6 aromatic rings. The lowest BCUT2D eigenvalue weighted by molar-refractivity contribution is -0.135. The summed E-state index contributed by atoms with van der Waals surface area (Å²) in [5.74, 6) is 0.702. The van der Waals surface area contributed by atoms with Gasteiger partial charge in [0.15, 0.2) is 0 Å². The van der Waals surface area contributed by atoms with Crippen LogP contribution in [0.3, 0.4) is 0 Å². The number of imidazole rings is 2. The van der Waals surface area contributed by atoms with Gasteiger partial charge in [-0.05, 0) is 120 Å². The zero-order valence-corrected chi connectivity index (χ0v) is 40.0. The van der Waals surface area contributed by atoms with E-state index >= 15 is 0 Å². The minimum absolute atomic E-state index is 0.143. The lowest BCUT2D eigenvalue weighted by atomic mass is 9.87. The van der Waals surface area contributed by atoms with Crippen molar-refractivity contribution in [3.05, 3.63) is 130 Å². The third-order valence-electron chi connectivity index (χ3n) is 13.6. The predicted octanol–water partition coefficient (Wildman–Crippen LogP) is 9.08. The van der Waals surface area contributed by atoms with E-state index in [1.165, 1.54) is 47.6 Å². The van der Waals surface area contributed by atoms with Crippen LogP contribution in [0.15, 0.2) is 96.1 Å². The average Bonchev–Trinajstić information content (AvgIpc) is 4.13. The van der Waals surface area contributed by atoms with E-state index in [0.717, 1.165) is 70.0 Å². The first-order chi connectivity index (χ1) is 32.7. The van der Waals surface area contributed by atoms with Crippen LogP contribution in [0, 0.1) is 11.8 Å². The molecule has 4 aromatic carbocycles. The fraction of sp³-hybridized carbons (Fsp3) is 0.370. The Morgan fingerprint density at radius 2 is 1.00 bits per heavy atom. The fourth-order valence-electron chi connectivity index (χ4n) is 9.96. The minimum Gasteiger partial charge on any atom is -0.453 e. The monoisotopic (exact) mass is 916 g/mol. The second-order valence-corrected chi connectivity index (χ2v) is 19.3. The van der Waals surface area contributed by atoms with Gasteiger partial charge in [-0.3, -0.25) is 9.59 Å². The van der Waals surface area contributed by atoms with Crippen molar-refractivity contribution in [1.82, 2.24) is 40.4 Å². The summed E-state index contributed by atoms with van der Waals surface area (Å²) in [7, 11) is 2.59. The maximum Gasteiger partial charge on any atom is 0.407 e. The van der Waals surface area contributed by atoms with Gasteiger partial charge in [-0.15, -0.1) is 0 Å². The molecule has 4 aliphatic carbocycles. The van der Waals surface area contributed by atoms with Crippen molar-refractivity contribution >= 4 is 46.1 Å². The normalized spacial score (nSPS) is 17.9. The second kappa shape index (κ2) is 18.8. The summed E-state index contributed by atoms with van der Waals surface area (Å²) < 4.78 is 9.65. The van der Waals surface area contributed by atoms with Gasteiger partial charge in [0.2, 0.25) is 11.8 Å². The average molecular weight is 917 g/mol. The minimum atomic E-state index is -0.739. The van der Waals surface area contributed by atoms with Gasteiger partial charge in [-0.1, -0.05) is 99.5 Å². The number of benzene rings is 4. The largest absolute Gasteiger partial charge is 0.453 e. The van der Waals surface area contributed by atoms with Crippen LogP contribution in [-0.4, -0.2) is 93.1 Å². The number of aryl methyl sites for hydroxylation is 4. The van der Waals surface area contributed by atoms with Crippen molar-refractivity contribution in [3.8, 4) is 22.3 Å². The summed E-state index contributed by atoms with van der Waals surface area (Å²) >= 11 is 0. The number of H-pyrrole nitrogens is 2. The van der Waals surface area contributed by atoms with Crippen LogP contribution in [0.2, 0.25) is 0 Å². The van der Waals surface area contributed by atoms with Gasteiger partial charge in [-0.25, -0.2) is 19.6 Å². The van der Waals surface area contributed by atoms with Crippen LogP contribution in [0.4, 0.5) is 9.59 Å². The maximum absolute atomic E-state index is 13.9. The van der Waals surface area contributed by atoms with Gasteiger partial charge in [0.05, 0.1) is 36.3 Å². The summed E-state index contributed by atoms with van der Waals surface area (Å²) in [6.45, 7) is 12.5. The molecule has 0 unspecified atom stereocenters. The highest BCUT2D eigenvalue weighted by Gasteiger charge is 2.38. The Hall–Kier alpha value is -7.22. The maximum atomic E-state index is 13.9. The number of nitrogens with one attached hydrogen (secondary N) is 4. The lowest BCUT2D eigenvalue weighted by Gasteiger charge is -2.30. The number of ether oxygens (including phenoxy) is 2. The van der Waals surface area contributed by atoms with E-state index < -0.39 is 36.4 Å². The molecule has 14 heteroatoms. The molecule has 4 amide bonds. The van der Waals surface area contributed by atoms with Crippen LogP contribution in [0.25, 0.3) is 44.3 Å². The van der Waals surface area contributed by atoms with Crippen molar-refractivity contribution in [2.24, 2.45) is 11.8 Å². The number of carbonyl (C=O) groups is 4. The van der Waals surface area contributed by atoms with Gasteiger partial charge in [0.1, 0.15) is 35.8 Å². The Morgan fingerprint density at radius 3 is 1.38 bits per heavy atom. The van der Waals surface area contributed by atoms with Crippen LogP contribution < -0.4 is 10.6 Å². The number of hydrogen-bond acceptors (Lipinski definition) is 8. The van der Waals surface area contributed by atoms with Crippen molar-refractivity contribution < 1.29 is 28.7 Å². The van der Waals surface area contributed by atoms with E-state index in [1.54, 1.807) is 9.80 Å². The highest BCUT2D eigenvalue weighted by molar-refractivity contribution is 5.89. The lowest BCUT2D eigenvalue weighted by Crippen LogP contribution is -2.51. The quantitative estimate of drug-likeness (QED) is 0.0985. The topological polar surface area (TPSA) is 175 Å². The first-order valence-corrected chi connectivity index (χ1v) is 23.6. The molecule has 68 heavy (non-hydrogen) atoms. The molecule has 12 rings (SSSR count). The first kappa shape index (κ1) is 45.9. The van der Waals surface area contributed by atoms with Crippen LogP contribution in [0.1, 0.15) is 87.5 Å². The van der Waals surface area contributed by atoms with E-state index in [-0.39, 0.29) is 23.7 Å². The summed E-state index contributed by atoms with van der Waals surface area (Å²) in [5, 5.41) is 5.46. The van der Waals surface area contributed by atoms with Gasteiger partial charge in [-0.2, -0.15) is 0 Å². The number of fused-ring (bicyclic) bond motifs is 2. The number of nitrogens with zero attached hydrogens (tertiary/aromatic N) is 4. The molecule has 0 saturated carbocycles. The van der Waals surface area contributed by atoms with E-state index in [9.17, 15) is 19.2 Å². The Kier molecular flexibility index (Phi) is 12.7. The first-order valence-electron chi connectivity index (χ1n) is 23.6. The molecule has 0 radical (unpaired) electrons. The number of amides is 4. The van der Waals surface area contributed by atoms with Gasteiger partial charge < -0.3 is 39.9 Å². The molecule has 4 N–H and O–H groups in total. The molecule has 0 saturated heterocycles. The Morgan fingerprint density at radius 1 is 0.588 bits per heavy atom. The summed E-state index contributed by atoms with van der Waals surface area (Å²) in [4.78, 5) is 72.8. The second-order valence-electron chi connectivity index (χ2n) is 19.3. The molecule has 352 valence electrons. The van der Waals surface area contributed by atoms with Crippen LogP contribution >= 0.6 is 0 Å².